The lowest BCUT2D eigenvalue weighted by Gasteiger charge is -2.19. The van der Waals surface area contributed by atoms with Crippen LogP contribution in [0, 0.1) is 0 Å². The number of aromatic nitrogens is 3. The van der Waals surface area contributed by atoms with E-state index in [4.69, 9.17) is 21.1 Å². The van der Waals surface area contributed by atoms with Gasteiger partial charge in [0.1, 0.15) is 13.2 Å². The van der Waals surface area contributed by atoms with Gasteiger partial charge in [-0.25, -0.2) is 0 Å². The summed E-state index contributed by atoms with van der Waals surface area (Å²) in [5.41, 5.74) is 2.03. The summed E-state index contributed by atoms with van der Waals surface area (Å²) in [6.45, 7) is 1.81. The van der Waals surface area contributed by atoms with Crippen LogP contribution in [-0.4, -0.2) is 34.9 Å². The molecule has 1 aromatic heterocycles. The maximum absolute atomic E-state index is 5.90. The highest BCUT2D eigenvalue weighted by molar-refractivity contribution is 6.30. The molecule has 1 aliphatic heterocycles. The maximum Gasteiger partial charge on any atom is 0.244 e. The SMILES string of the molecule is Clc1ccc(CCNc2nncc(Nc3ccc4c(c3)OCCO4)n2)cc1. The van der Waals surface area contributed by atoms with E-state index in [1.807, 2.05) is 42.5 Å². The number of rotatable bonds is 6. The standard InChI is InChI=1S/C19H18ClN5O2/c20-14-3-1-13(2-4-14)7-8-21-19-24-18(12-22-25-19)23-15-5-6-16-17(11-15)27-10-9-26-16/h1-6,11-12H,7-10H2,(H2,21,23,24,25). The van der Waals surface area contributed by atoms with Crippen LogP contribution in [0.1, 0.15) is 5.56 Å². The molecule has 0 atom stereocenters. The third kappa shape index (κ3) is 4.57. The zero-order valence-electron chi connectivity index (χ0n) is 14.5. The summed E-state index contributed by atoms with van der Waals surface area (Å²) in [5.74, 6) is 2.52. The highest BCUT2D eigenvalue weighted by Gasteiger charge is 2.12. The van der Waals surface area contributed by atoms with Crippen molar-refractivity contribution in [1.82, 2.24) is 15.2 Å². The minimum absolute atomic E-state index is 0.464. The predicted octanol–water partition coefficient (Wildman–Crippen LogP) is 3.69. The molecule has 0 aliphatic carbocycles. The van der Waals surface area contributed by atoms with Gasteiger partial charge >= 0.3 is 0 Å². The van der Waals surface area contributed by atoms with Crippen LogP contribution in [0.4, 0.5) is 17.5 Å². The molecule has 2 aromatic carbocycles. The topological polar surface area (TPSA) is 81.2 Å². The van der Waals surface area contributed by atoms with Crippen molar-refractivity contribution in [3.8, 4) is 11.5 Å². The number of halogens is 1. The molecule has 138 valence electrons. The second-order valence-electron chi connectivity index (χ2n) is 5.95. The fraction of sp³-hybridized carbons (Fsp3) is 0.211. The molecule has 0 fully saturated rings. The molecule has 0 unspecified atom stereocenters. The Morgan fingerprint density at radius 3 is 2.67 bits per heavy atom. The Balaban J connectivity index is 1.36. The van der Waals surface area contributed by atoms with Crippen LogP contribution in [0.2, 0.25) is 5.02 Å². The molecule has 8 heteroatoms. The Labute approximate surface area is 161 Å². The molecule has 0 saturated carbocycles. The summed E-state index contributed by atoms with van der Waals surface area (Å²) in [5, 5.41) is 15.1. The van der Waals surface area contributed by atoms with E-state index in [1.54, 1.807) is 6.20 Å². The number of nitrogens with zero attached hydrogens (tertiary/aromatic N) is 3. The monoisotopic (exact) mass is 383 g/mol. The molecule has 0 spiro atoms. The highest BCUT2D eigenvalue weighted by Crippen LogP contribution is 2.33. The number of fused-ring (bicyclic) bond motifs is 1. The Morgan fingerprint density at radius 1 is 1.00 bits per heavy atom. The van der Waals surface area contributed by atoms with Crippen molar-refractivity contribution in [2.24, 2.45) is 0 Å². The summed E-state index contributed by atoms with van der Waals surface area (Å²) in [6, 6.07) is 13.4. The maximum atomic E-state index is 5.90. The molecule has 2 heterocycles. The van der Waals surface area contributed by atoms with Crippen molar-refractivity contribution in [2.45, 2.75) is 6.42 Å². The highest BCUT2D eigenvalue weighted by atomic mass is 35.5. The largest absolute Gasteiger partial charge is 0.486 e. The molecule has 0 radical (unpaired) electrons. The van der Waals surface area contributed by atoms with Gasteiger partial charge in [0.25, 0.3) is 0 Å². The molecular weight excluding hydrogens is 366 g/mol. The Kier molecular flexibility index (Phi) is 5.20. The lowest BCUT2D eigenvalue weighted by Crippen LogP contribution is -2.15. The molecular formula is C19H18ClN5O2. The van der Waals surface area contributed by atoms with Gasteiger partial charge < -0.3 is 20.1 Å². The van der Waals surface area contributed by atoms with E-state index >= 15 is 0 Å². The van der Waals surface area contributed by atoms with Crippen molar-refractivity contribution < 1.29 is 9.47 Å². The molecule has 0 saturated heterocycles. The normalized spacial score (nSPS) is 12.5. The summed E-state index contributed by atoms with van der Waals surface area (Å²) in [4.78, 5) is 4.44. The third-order valence-corrected chi connectivity index (χ3v) is 4.24. The number of ether oxygens (including phenoxy) is 2. The van der Waals surface area contributed by atoms with Crippen molar-refractivity contribution in [2.75, 3.05) is 30.4 Å². The zero-order chi connectivity index (χ0) is 18.5. The van der Waals surface area contributed by atoms with E-state index in [0.29, 0.717) is 31.5 Å². The van der Waals surface area contributed by atoms with E-state index in [-0.39, 0.29) is 0 Å². The van der Waals surface area contributed by atoms with E-state index < -0.39 is 0 Å². The number of anilines is 3. The predicted molar refractivity (Wildman–Crippen MR) is 104 cm³/mol. The lowest BCUT2D eigenvalue weighted by atomic mass is 10.1. The molecule has 3 aromatic rings. The summed E-state index contributed by atoms with van der Waals surface area (Å²) in [7, 11) is 0. The van der Waals surface area contributed by atoms with E-state index in [2.05, 4.69) is 25.8 Å². The first-order valence-corrected chi connectivity index (χ1v) is 8.99. The molecule has 27 heavy (non-hydrogen) atoms. The number of hydrogen-bond acceptors (Lipinski definition) is 7. The molecule has 2 N–H and O–H groups in total. The Hall–Kier alpha value is -3.06. The molecule has 1 aliphatic rings. The van der Waals surface area contributed by atoms with Crippen molar-refractivity contribution >= 4 is 29.1 Å². The lowest BCUT2D eigenvalue weighted by molar-refractivity contribution is 0.171. The third-order valence-electron chi connectivity index (χ3n) is 3.98. The molecule has 0 amide bonds. The van der Waals surface area contributed by atoms with E-state index in [1.165, 1.54) is 5.56 Å². The number of nitrogens with one attached hydrogen (secondary N) is 2. The van der Waals surface area contributed by atoms with E-state index in [9.17, 15) is 0 Å². The van der Waals surface area contributed by atoms with Crippen LogP contribution >= 0.6 is 11.6 Å². The number of hydrogen-bond donors (Lipinski definition) is 2. The van der Waals surface area contributed by atoms with Gasteiger partial charge in [-0.1, -0.05) is 23.7 Å². The van der Waals surface area contributed by atoms with Crippen LogP contribution < -0.4 is 20.1 Å². The van der Waals surface area contributed by atoms with Crippen LogP contribution in [0.25, 0.3) is 0 Å². The summed E-state index contributed by atoms with van der Waals surface area (Å²) in [6.07, 6.45) is 2.40. The average molecular weight is 384 g/mol. The smallest absolute Gasteiger partial charge is 0.244 e. The quantitative estimate of drug-likeness (QED) is 0.671. The first kappa shape index (κ1) is 17.4. The molecule has 7 nitrogen and oxygen atoms in total. The minimum atomic E-state index is 0.464. The minimum Gasteiger partial charge on any atom is -0.486 e. The Morgan fingerprint density at radius 2 is 1.81 bits per heavy atom. The van der Waals surface area contributed by atoms with Crippen LogP contribution in [0.5, 0.6) is 11.5 Å². The number of benzene rings is 2. The van der Waals surface area contributed by atoms with Gasteiger partial charge in [0.15, 0.2) is 17.3 Å². The Bertz CT molecular complexity index is 920. The summed E-state index contributed by atoms with van der Waals surface area (Å²) >= 11 is 5.90. The second-order valence-corrected chi connectivity index (χ2v) is 6.39. The first-order chi connectivity index (χ1) is 13.3. The zero-order valence-corrected chi connectivity index (χ0v) is 15.2. The summed E-state index contributed by atoms with van der Waals surface area (Å²) < 4.78 is 11.1. The van der Waals surface area contributed by atoms with Crippen LogP contribution in [0.15, 0.2) is 48.7 Å². The fourth-order valence-corrected chi connectivity index (χ4v) is 2.80. The molecule has 4 rings (SSSR count). The average Bonchev–Trinajstić information content (AvgIpc) is 2.70. The van der Waals surface area contributed by atoms with Crippen molar-refractivity contribution in [3.63, 3.8) is 0 Å². The van der Waals surface area contributed by atoms with Gasteiger partial charge in [0.05, 0.1) is 6.20 Å². The van der Waals surface area contributed by atoms with Gasteiger partial charge in [-0.3, -0.25) is 0 Å². The fourth-order valence-electron chi connectivity index (χ4n) is 2.68. The molecule has 0 bridgehead atoms. The van der Waals surface area contributed by atoms with Gasteiger partial charge in [0.2, 0.25) is 5.95 Å². The van der Waals surface area contributed by atoms with Crippen molar-refractivity contribution in [1.29, 1.82) is 0 Å². The first-order valence-electron chi connectivity index (χ1n) is 8.61. The van der Waals surface area contributed by atoms with Crippen LogP contribution in [-0.2, 0) is 6.42 Å². The van der Waals surface area contributed by atoms with E-state index in [0.717, 1.165) is 28.6 Å². The van der Waals surface area contributed by atoms with Gasteiger partial charge in [-0.15, -0.1) is 5.10 Å². The van der Waals surface area contributed by atoms with Gasteiger partial charge in [-0.2, -0.15) is 10.1 Å². The van der Waals surface area contributed by atoms with Crippen molar-refractivity contribution in [3.05, 3.63) is 59.2 Å². The van der Waals surface area contributed by atoms with Gasteiger partial charge in [-0.05, 0) is 36.2 Å². The second kappa shape index (κ2) is 8.09. The van der Waals surface area contributed by atoms with Gasteiger partial charge in [0, 0.05) is 23.3 Å². The van der Waals surface area contributed by atoms with Crippen LogP contribution in [0.3, 0.4) is 0 Å².